The second-order valence-electron chi connectivity index (χ2n) is 13.2. The number of amides is 8. The molecule has 2 atom stereocenters. The van der Waals surface area contributed by atoms with Gasteiger partial charge in [-0.15, -0.1) is 0 Å². The second kappa shape index (κ2) is 25.7. The number of hydrogen-bond donors (Lipinski definition) is 6. The quantitative estimate of drug-likeness (QED) is 0.0444. The van der Waals surface area contributed by atoms with E-state index in [2.05, 4.69) is 31.9 Å². The maximum Gasteiger partial charge on any atom is 0.243 e. The van der Waals surface area contributed by atoms with Crippen LogP contribution in [0.4, 0.5) is 0 Å². The summed E-state index contributed by atoms with van der Waals surface area (Å²) in [5, 5.41) is 15.1. The van der Waals surface area contributed by atoms with E-state index in [4.69, 9.17) is 9.47 Å². The van der Waals surface area contributed by atoms with E-state index in [0.29, 0.717) is 12.8 Å². The van der Waals surface area contributed by atoms with Gasteiger partial charge < -0.3 is 46.2 Å². The van der Waals surface area contributed by atoms with E-state index >= 15 is 0 Å². The van der Waals surface area contributed by atoms with Crippen molar-refractivity contribution in [2.75, 3.05) is 65.7 Å². The third-order valence-corrected chi connectivity index (χ3v) is 8.34. The summed E-state index contributed by atoms with van der Waals surface area (Å²) in [5.74, 6) is -3.84. The minimum absolute atomic E-state index is 0.00948. The molecular weight excluding hydrogens is 718 g/mol. The highest BCUT2D eigenvalue weighted by atomic mass is 16.5. The van der Waals surface area contributed by atoms with Crippen molar-refractivity contribution in [1.29, 1.82) is 0 Å². The van der Waals surface area contributed by atoms with Crippen LogP contribution in [0.25, 0.3) is 0 Å². The maximum absolute atomic E-state index is 12.9. The summed E-state index contributed by atoms with van der Waals surface area (Å²) in [6, 6.07) is 7.87. The SMILES string of the molecule is CC(=O)CCCNC(=O)CNC(=O)[C@H](Cc1ccccc1)NC(=O)CNC(=O)CNC(=O)CCOCCOCCNC(=O)CCN1C(=O)CC(C(C)C)C1=O. The Morgan fingerprint density at radius 1 is 0.709 bits per heavy atom. The average molecular weight is 774 g/mol. The first-order valence-corrected chi connectivity index (χ1v) is 18.4. The molecule has 0 spiro atoms. The highest BCUT2D eigenvalue weighted by molar-refractivity contribution is 6.04. The minimum atomic E-state index is -1.04. The molecule has 0 radical (unpaired) electrons. The van der Waals surface area contributed by atoms with E-state index in [1.54, 1.807) is 30.3 Å². The molecule has 6 N–H and O–H groups in total. The van der Waals surface area contributed by atoms with Crippen LogP contribution in [0.3, 0.4) is 0 Å². The lowest BCUT2D eigenvalue weighted by molar-refractivity contribution is -0.140. The van der Waals surface area contributed by atoms with Crippen LogP contribution in [0, 0.1) is 11.8 Å². The molecule has 1 heterocycles. The number of nitrogens with zero attached hydrogens (tertiary/aromatic N) is 1. The predicted octanol–water partition coefficient (Wildman–Crippen LogP) is -1.49. The number of benzene rings is 1. The fourth-order valence-electron chi connectivity index (χ4n) is 5.25. The number of carbonyl (C=O) groups is 9. The molecule has 1 unspecified atom stereocenters. The zero-order valence-electron chi connectivity index (χ0n) is 31.9. The number of carbonyl (C=O) groups excluding carboxylic acids is 9. The zero-order chi connectivity index (χ0) is 40.6. The van der Waals surface area contributed by atoms with Gasteiger partial charge >= 0.3 is 0 Å². The van der Waals surface area contributed by atoms with Crippen molar-refractivity contribution in [3.63, 3.8) is 0 Å². The van der Waals surface area contributed by atoms with Crippen LogP contribution in [0.2, 0.25) is 0 Å². The highest BCUT2D eigenvalue weighted by Crippen LogP contribution is 2.26. The van der Waals surface area contributed by atoms with Gasteiger partial charge in [-0.1, -0.05) is 44.2 Å². The molecule has 1 aliphatic heterocycles. The third kappa shape index (κ3) is 19.6. The van der Waals surface area contributed by atoms with E-state index < -0.39 is 42.1 Å². The second-order valence-corrected chi connectivity index (χ2v) is 13.2. The first-order chi connectivity index (χ1) is 26.3. The molecule has 1 fully saturated rings. The monoisotopic (exact) mass is 773 g/mol. The van der Waals surface area contributed by atoms with Crippen molar-refractivity contribution in [2.24, 2.45) is 11.8 Å². The van der Waals surface area contributed by atoms with E-state index in [0.717, 1.165) is 10.5 Å². The molecule has 1 aromatic carbocycles. The molecule has 0 saturated carbocycles. The Balaban J connectivity index is 1.55. The molecular formula is C37H55N7O11. The lowest BCUT2D eigenvalue weighted by Gasteiger charge is -2.19. The van der Waals surface area contributed by atoms with Crippen LogP contribution in [-0.2, 0) is 59.0 Å². The van der Waals surface area contributed by atoms with Crippen molar-refractivity contribution < 1.29 is 52.6 Å². The predicted molar refractivity (Wildman–Crippen MR) is 198 cm³/mol. The number of ketones is 1. The number of nitrogens with one attached hydrogen (secondary N) is 6. The summed E-state index contributed by atoms with van der Waals surface area (Å²) in [4.78, 5) is 111. The Morgan fingerprint density at radius 2 is 1.31 bits per heavy atom. The van der Waals surface area contributed by atoms with Gasteiger partial charge in [0.2, 0.25) is 47.3 Å². The molecule has 1 aliphatic rings. The van der Waals surface area contributed by atoms with Gasteiger partial charge in [-0.05, 0) is 24.8 Å². The summed E-state index contributed by atoms with van der Waals surface area (Å²) < 4.78 is 10.7. The van der Waals surface area contributed by atoms with E-state index in [-0.39, 0.29) is 120 Å². The van der Waals surface area contributed by atoms with Crippen LogP contribution in [0.5, 0.6) is 0 Å². The molecule has 18 heteroatoms. The van der Waals surface area contributed by atoms with Gasteiger partial charge in [0.05, 0.1) is 46.1 Å². The smallest absolute Gasteiger partial charge is 0.243 e. The van der Waals surface area contributed by atoms with Crippen molar-refractivity contribution in [1.82, 2.24) is 36.8 Å². The standard InChI is InChI=1S/C37H55N7O11/c1-25(2)28-21-35(51)44(37(28)53)15-11-30(46)39-14-17-55-19-18-54-16-12-31(47)40-22-33(49)41-24-34(50)43-29(20-27-9-5-4-6-10-27)36(52)42-23-32(48)38-13-7-8-26(3)45/h4-6,9-10,25,28-29H,7-8,11-24H2,1-3H3,(H,38,48)(H,39,46)(H,40,47)(H,41,49)(H,42,52)(H,43,50)/t28?,29-/m0/s1. The first-order valence-electron chi connectivity index (χ1n) is 18.4. The van der Waals surface area contributed by atoms with Crippen LogP contribution in [0.15, 0.2) is 30.3 Å². The van der Waals surface area contributed by atoms with Gasteiger partial charge in [0, 0.05) is 57.7 Å². The van der Waals surface area contributed by atoms with E-state index in [1.165, 1.54) is 6.92 Å². The molecule has 18 nitrogen and oxygen atoms in total. The lowest BCUT2D eigenvalue weighted by Crippen LogP contribution is -2.52. The number of Topliss-reactive ketones (excluding diaryl/α,β-unsaturated/α-hetero) is 1. The number of likely N-dealkylation sites (tertiary alicyclic amines) is 1. The van der Waals surface area contributed by atoms with Crippen LogP contribution in [0.1, 0.15) is 58.4 Å². The van der Waals surface area contributed by atoms with Crippen molar-refractivity contribution in [2.45, 2.75) is 65.3 Å². The molecule has 55 heavy (non-hydrogen) atoms. The summed E-state index contributed by atoms with van der Waals surface area (Å²) in [5.41, 5.74) is 0.756. The Morgan fingerprint density at radius 3 is 1.98 bits per heavy atom. The Hall–Kier alpha value is -5.23. The number of imide groups is 1. The third-order valence-electron chi connectivity index (χ3n) is 8.34. The maximum atomic E-state index is 12.9. The molecule has 8 amide bonds. The topological polar surface area (TPSA) is 248 Å². The zero-order valence-corrected chi connectivity index (χ0v) is 31.9. The Labute approximate surface area is 320 Å². The fraction of sp³-hybridized carbons (Fsp3) is 0.595. The summed E-state index contributed by atoms with van der Waals surface area (Å²) >= 11 is 0. The molecule has 1 saturated heterocycles. The normalized spacial score (nSPS) is 14.3. The molecule has 0 bridgehead atoms. The highest BCUT2D eigenvalue weighted by Gasteiger charge is 2.39. The van der Waals surface area contributed by atoms with Gasteiger partial charge in [-0.3, -0.25) is 43.3 Å². The van der Waals surface area contributed by atoms with Crippen molar-refractivity contribution in [3.8, 4) is 0 Å². The number of ether oxygens (including phenoxy) is 2. The van der Waals surface area contributed by atoms with Crippen LogP contribution in [-0.4, -0.2) is 130 Å². The van der Waals surface area contributed by atoms with Gasteiger partial charge in [0.15, 0.2) is 0 Å². The lowest BCUT2D eigenvalue weighted by atomic mass is 9.94. The van der Waals surface area contributed by atoms with E-state index in [9.17, 15) is 43.2 Å². The molecule has 1 aromatic rings. The summed E-state index contributed by atoms with van der Waals surface area (Å²) in [6.45, 7) is 5.29. The largest absolute Gasteiger partial charge is 0.379 e. The average Bonchev–Trinajstić information content (AvgIpc) is 3.44. The van der Waals surface area contributed by atoms with Crippen LogP contribution >= 0.6 is 0 Å². The molecule has 0 aliphatic carbocycles. The van der Waals surface area contributed by atoms with Gasteiger partial charge in [0.1, 0.15) is 11.8 Å². The fourth-order valence-corrected chi connectivity index (χ4v) is 5.25. The number of hydrogen-bond acceptors (Lipinski definition) is 11. The Kier molecular flexibility index (Phi) is 21.5. The first kappa shape index (κ1) is 45.9. The van der Waals surface area contributed by atoms with Crippen molar-refractivity contribution in [3.05, 3.63) is 35.9 Å². The molecule has 2 rings (SSSR count). The molecule has 304 valence electrons. The van der Waals surface area contributed by atoms with E-state index in [1.807, 2.05) is 13.8 Å². The van der Waals surface area contributed by atoms with Crippen LogP contribution < -0.4 is 31.9 Å². The number of rotatable bonds is 27. The Bertz CT molecular complexity index is 1470. The van der Waals surface area contributed by atoms with Crippen molar-refractivity contribution >= 4 is 53.0 Å². The van der Waals surface area contributed by atoms with Gasteiger partial charge in [-0.2, -0.15) is 0 Å². The summed E-state index contributed by atoms with van der Waals surface area (Å²) in [6.07, 6.45) is 1.10. The minimum Gasteiger partial charge on any atom is -0.379 e. The molecule has 0 aromatic heterocycles. The van der Waals surface area contributed by atoms with Gasteiger partial charge in [-0.25, -0.2) is 0 Å². The summed E-state index contributed by atoms with van der Waals surface area (Å²) in [7, 11) is 0. The van der Waals surface area contributed by atoms with Gasteiger partial charge in [0.25, 0.3) is 0 Å².